The van der Waals surface area contributed by atoms with E-state index in [1.807, 2.05) is 19.0 Å². The molecule has 0 aliphatic rings. The van der Waals surface area contributed by atoms with E-state index in [0.717, 1.165) is 6.54 Å². The molecule has 0 radical (unpaired) electrons. The molecule has 0 fully saturated rings. The van der Waals surface area contributed by atoms with Crippen molar-refractivity contribution in [3.05, 3.63) is 18.3 Å². The Morgan fingerprint density at radius 2 is 2.11 bits per heavy atom. The van der Waals surface area contributed by atoms with Crippen LogP contribution in [0.15, 0.2) is 23.2 Å². The van der Waals surface area contributed by atoms with Crippen LogP contribution in [-0.4, -0.2) is 65.0 Å². The van der Waals surface area contributed by atoms with Crippen molar-refractivity contribution in [2.24, 2.45) is 0 Å². The van der Waals surface area contributed by atoms with E-state index >= 15 is 0 Å². The third-order valence-corrected chi connectivity index (χ3v) is 3.52. The predicted octanol–water partition coefficient (Wildman–Crippen LogP) is 0.475. The summed E-state index contributed by atoms with van der Waals surface area (Å²) in [5.74, 6) is 0.376. The van der Waals surface area contributed by atoms with Gasteiger partial charge in [0.25, 0.3) is 0 Å². The standard InChI is InChI=1S/C12H21N3O3S/c1-15(2)8-10-18-9-7-14-12-11(19(3,16)17)5-4-6-13-12/h4-6H,7-10H2,1-3H3,(H,13,14). The highest BCUT2D eigenvalue weighted by Gasteiger charge is 2.13. The van der Waals surface area contributed by atoms with E-state index < -0.39 is 9.84 Å². The Morgan fingerprint density at radius 1 is 1.37 bits per heavy atom. The SMILES string of the molecule is CN(C)CCOCCNc1ncccc1S(C)(=O)=O. The first-order valence-electron chi connectivity index (χ1n) is 6.02. The topological polar surface area (TPSA) is 71.5 Å². The summed E-state index contributed by atoms with van der Waals surface area (Å²) in [5.41, 5.74) is 0. The molecule has 1 N–H and O–H groups in total. The average Bonchev–Trinajstić information content (AvgIpc) is 2.32. The van der Waals surface area contributed by atoms with Gasteiger partial charge in [-0.15, -0.1) is 0 Å². The largest absolute Gasteiger partial charge is 0.378 e. The Morgan fingerprint density at radius 3 is 2.74 bits per heavy atom. The summed E-state index contributed by atoms with van der Waals surface area (Å²) in [6.45, 7) is 2.54. The van der Waals surface area contributed by atoms with Crippen LogP contribution in [0.25, 0.3) is 0 Å². The number of likely N-dealkylation sites (N-methyl/N-ethyl adjacent to an activating group) is 1. The number of hydrogen-bond donors (Lipinski definition) is 1. The van der Waals surface area contributed by atoms with Gasteiger partial charge in [-0.05, 0) is 26.2 Å². The Kier molecular flexibility index (Phi) is 6.20. The summed E-state index contributed by atoms with van der Waals surface area (Å²) >= 11 is 0. The van der Waals surface area contributed by atoms with Crippen LogP contribution in [0.1, 0.15) is 0 Å². The van der Waals surface area contributed by atoms with Gasteiger partial charge < -0.3 is 15.0 Å². The van der Waals surface area contributed by atoms with Gasteiger partial charge in [-0.3, -0.25) is 0 Å². The third kappa shape index (κ3) is 6.00. The number of sulfone groups is 1. The Labute approximate surface area is 114 Å². The van der Waals surface area contributed by atoms with Gasteiger partial charge in [-0.25, -0.2) is 13.4 Å². The lowest BCUT2D eigenvalue weighted by molar-refractivity contribution is 0.126. The molecule has 0 aromatic carbocycles. The van der Waals surface area contributed by atoms with E-state index in [1.54, 1.807) is 12.3 Å². The number of nitrogens with zero attached hydrogens (tertiary/aromatic N) is 2. The molecule has 0 unspecified atom stereocenters. The lowest BCUT2D eigenvalue weighted by Crippen LogP contribution is -2.20. The number of rotatable bonds is 8. The van der Waals surface area contributed by atoms with E-state index in [4.69, 9.17) is 4.74 Å². The molecule has 1 rings (SSSR count). The molecule has 108 valence electrons. The van der Waals surface area contributed by atoms with E-state index in [-0.39, 0.29) is 4.90 Å². The van der Waals surface area contributed by atoms with Crippen molar-refractivity contribution in [2.75, 3.05) is 52.0 Å². The van der Waals surface area contributed by atoms with Gasteiger partial charge in [0.15, 0.2) is 9.84 Å². The van der Waals surface area contributed by atoms with Gasteiger partial charge in [0, 0.05) is 25.5 Å². The van der Waals surface area contributed by atoms with Gasteiger partial charge in [-0.2, -0.15) is 0 Å². The average molecular weight is 287 g/mol. The molecule has 0 saturated carbocycles. The second-order valence-electron chi connectivity index (χ2n) is 4.46. The maximum Gasteiger partial charge on any atom is 0.179 e. The first-order valence-corrected chi connectivity index (χ1v) is 7.92. The number of ether oxygens (including phenoxy) is 1. The van der Waals surface area contributed by atoms with Crippen molar-refractivity contribution in [2.45, 2.75) is 4.90 Å². The van der Waals surface area contributed by atoms with E-state index in [1.165, 1.54) is 12.3 Å². The summed E-state index contributed by atoms with van der Waals surface area (Å²) in [6.07, 6.45) is 2.73. The molecule has 0 bridgehead atoms. The fourth-order valence-corrected chi connectivity index (χ4v) is 2.22. The number of pyridine rings is 1. The van der Waals surface area contributed by atoms with Crippen LogP contribution in [-0.2, 0) is 14.6 Å². The van der Waals surface area contributed by atoms with Gasteiger partial charge in [0.1, 0.15) is 10.7 Å². The minimum Gasteiger partial charge on any atom is -0.378 e. The molecule has 0 spiro atoms. The van der Waals surface area contributed by atoms with Crippen molar-refractivity contribution in [3.63, 3.8) is 0 Å². The van der Waals surface area contributed by atoms with Crippen LogP contribution in [0.4, 0.5) is 5.82 Å². The third-order valence-electron chi connectivity index (χ3n) is 2.39. The lowest BCUT2D eigenvalue weighted by Gasteiger charge is -2.11. The van der Waals surface area contributed by atoms with Crippen molar-refractivity contribution in [1.82, 2.24) is 9.88 Å². The van der Waals surface area contributed by atoms with Gasteiger partial charge in [-0.1, -0.05) is 0 Å². The predicted molar refractivity (Wildman–Crippen MR) is 75.2 cm³/mol. The summed E-state index contributed by atoms with van der Waals surface area (Å²) in [6, 6.07) is 3.15. The molecular weight excluding hydrogens is 266 g/mol. The van der Waals surface area contributed by atoms with Crippen molar-refractivity contribution < 1.29 is 13.2 Å². The van der Waals surface area contributed by atoms with Crippen molar-refractivity contribution >= 4 is 15.7 Å². The number of nitrogens with one attached hydrogen (secondary N) is 1. The van der Waals surface area contributed by atoms with Crippen LogP contribution >= 0.6 is 0 Å². The normalized spacial score (nSPS) is 11.8. The molecule has 1 heterocycles. The molecule has 1 aromatic heterocycles. The molecule has 1 aromatic rings. The summed E-state index contributed by atoms with van der Waals surface area (Å²) in [7, 11) is 0.696. The van der Waals surface area contributed by atoms with Crippen LogP contribution in [0.3, 0.4) is 0 Å². The molecule has 6 nitrogen and oxygen atoms in total. The number of hydrogen-bond acceptors (Lipinski definition) is 6. The second kappa shape index (κ2) is 7.42. The fraction of sp³-hybridized carbons (Fsp3) is 0.583. The number of anilines is 1. The van der Waals surface area contributed by atoms with Crippen molar-refractivity contribution in [1.29, 1.82) is 0 Å². The van der Waals surface area contributed by atoms with Crippen LogP contribution in [0.5, 0.6) is 0 Å². The quantitative estimate of drug-likeness (QED) is 0.701. The maximum atomic E-state index is 11.5. The van der Waals surface area contributed by atoms with Gasteiger partial charge >= 0.3 is 0 Å². The summed E-state index contributed by atoms with van der Waals surface area (Å²) in [5, 5.41) is 2.98. The van der Waals surface area contributed by atoms with Gasteiger partial charge in [0.05, 0.1) is 13.2 Å². The lowest BCUT2D eigenvalue weighted by atomic mass is 10.4. The van der Waals surface area contributed by atoms with Crippen LogP contribution in [0.2, 0.25) is 0 Å². The fourth-order valence-electron chi connectivity index (χ4n) is 1.41. The Balaban J connectivity index is 2.42. The molecular formula is C12H21N3O3S. The zero-order valence-electron chi connectivity index (χ0n) is 11.6. The van der Waals surface area contributed by atoms with E-state index in [0.29, 0.717) is 25.6 Å². The van der Waals surface area contributed by atoms with E-state index in [9.17, 15) is 8.42 Å². The highest BCUT2D eigenvalue weighted by molar-refractivity contribution is 7.90. The molecule has 0 saturated heterocycles. The van der Waals surface area contributed by atoms with E-state index in [2.05, 4.69) is 10.3 Å². The molecule has 19 heavy (non-hydrogen) atoms. The van der Waals surface area contributed by atoms with Crippen LogP contribution < -0.4 is 5.32 Å². The molecule has 0 atom stereocenters. The molecule has 0 aliphatic heterocycles. The van der Waals surface area contributed by atoms with Gasteiger partial charge in [0.2, 0.25) is 0 Å². The van der Waals surface area contributed by atoms with Crippen LogP contribution in [0, 0.1) is 0 Å². The summed E-state index contributed by atoms with van der Waals surface area (Å²) < 4.78 is 28.5. The molecule has 0 aliphatic carbocycles. The molecule has 7 heteroatoms. The Bertz CT molecular complexity index is 489. The van der Waals surface area contributed by atoms with Crippen molar-refractivity contribution in [3.8, 4) is 0 Å². The zero-order chi connectivity index (χ0) is 14.3. The number of aromatic nitrogens is 1. The second-order valence-corrected chi connectivity index (χ2v) is 6.45. The highest BCUT2D eigenvalue weighted by atomic mass is 32.2. The monoisotopic (exact) mass is 287 g/mol. The Hall–Kier alpha value is -1.18. The smallest absolute Gasteiger partial charge is 0.179 e. The minimum atomic E-state index is -3.26. The highest BCUT2D eigenvalue weighted by Crippen LogP contribution is 2.17. The summed E-state index contributed by atoms with van der Waals surface area (Å²) in [4.78, 5) is 6.28. The molecule has 0 amide bonds. The minimum absolute atomic E-state index is 0.211. The maximum absolute atomic E-state index is 11.5. The first kappa shape index (κ1) is 15.9. The zero-order valence-corrected chi connectivity index (χ0v) is 12.4. The first-order chi connectivity index (χ1) is 8.91.